The SMILES string of the molecule is CC(Oc1cc(-c2cnn(C3CCN(CC4CCN(c5ccc(NC6CCC(=O)NC6=O)cc5)CC4)CC3)c2)cnc1N)c1cc(F)ccc1-n1nccn1. The van der Waals surface area contributed by atoms with Crippen LogP contribution in [0.1, 0.15) is 63.2 Å². The number of benzene rings is 2. The molecule has 3 aliphatic rings. The van der Waals surface area contributed by atoms with E-state index in [2.05, 4.69) is 58.6 Å². The second-order valence-corrected chi connectivity index (χ2v) is 14.8. The van der Waals surface area contributed by atoms with Gasteiger partial charge in [-0.15, -0.1) is 0 Å². The molecular formula is C40H46FN11O3. The van der Waals surface area contributed by atoms with Crippen LogP contribution in [0.25, 0.3) is 16.8 Å². The van der Waals surface area contributed by atoms with Crippen LogP contribution in [0.4, 0.5) is 21.6 Å². The molecule has 2 unspecified atom stereocenters. The largest absolute Gasteiger partial charge is 0.482 e. The van der Waals surface area contributed by atoms with Crippen LogP contribution in [0, 0.1) is 11.7 Å². The summed E-state index contributed by atoms with van der Waals surface area (Å²) in [6.45, 7) is 7.07. The molecule has 0 saturated carbocycles. The Morgan fingerprint density at radius 1 is 0.927 bits per heavy atom. The summed E-state index contributed by atoms with van der Waals surface area (Å²) in [4.78, 5) is 34.5. The molecule has 3 fully saturated rings. The molecule has 0 spiro atoms. The van der Waals surface area contributed by atoms with Gasteiger partial charge in [0, 0.05) is 79.6 Å². The van der Waals surface area contributed by atoms with Gasteiger partial charge >= 0.3 is 0 Å². The number of piperidine rings is 3. The van der Waals surface area contributed by atoms with Gasteiger partial charge in [0.2, 0.25) is 11.8 Å². The van der Waals surface area contributed by atoms with Gasteiger partial charge in [-0.2, -0.15) is 20.1 Å². The predicted octanol–water partition coefficient (Wildman–Crippen LogP) is 5.16. The second-order valence-electron chi connectivity index (χ2n) is 14.8. The fourth-order valence-electron chi connectivity index (χ4n) is 7.93. The van der Waals surface area contributed by atoms with Gasteiger partial charge < -0.3 is 25.6 Å². The number of nitrogen functional groups attached to an aromatic ring is 1. The molecule has 0 aliphatic carbocycles. The van der Waals surface area contributed by atoms with Crippen molar-refractivity contribution in [1.29, 1.82) is 0 Å². The molecule has 2 amide bonds. The number of nitrogens with one attached hydrogen (secondary N) is 2. The standard InChI is InChI=1S/C40H46FN11O3/c1-26(34-21-30(41)2-8-36(34)52-44-14-15-45-52)55-37-20-28(22-43-39(37)42)29-23-46-51(25-29)33-12-16-49(17-13-33)24-27-10-18-50(19-11-27)32-5-3-31(4-6-32)47-35-7-9-38(53)48-40(35)54/h2-6,8,14-15,20-23,25-27,33,35,47H,7,9-13,16-19,24H2,1H3,(H2,42,43)(H,48,53,54). The number of aromatic nitrogens is 6. The van der Waals surface area contributed by atoms with E-state index in [1.54, 1.807) is 24.7 Å². The molecule has 55 heavy (non-hydrogen) atoms. The zero-order valence-corrected chi connectivity index (χ0v) is 30.9. The number of carbonyl (C=O) groups is 2. The number of imide groups is 1. The van der Waals surface area contributed by atoms with Crippen LogP contribution in [-0.4, -0.2) is 85.2 Å². The molecule has 6 heterocycles. The van der Waals surface area contributed by atoms with Gasteiger partial charge in [-0.3, -0.25) is 19.6 Å². The van der Waals surface area contributed by atoms with E-state index < -0.39 is 6.10 Å². The van der Waals surface area contributed by atoms with Crippen LogP contribution in [0.5, 0.6) is 5.75 Å². The Hall–Kier alpha value is -5.83. The first-order valence-corrected chi connectivity index (χ1v) is 19.1. The maximum absolute atomic E-state index is 14.3. The summed E-state index contributed by atoms with van der Waals surface area (Å²) in [5.74, 6) is 0.464. The zero-order valence-electron chi connectivity index (χ0n) is 30.9. The smallest absolute Gasteiger partial charge is 0.249 e. The molecule has 286 valence electrons. The average Bonchev–Trinajstić information content (AvgIpc) is 3.92. The number of hydrogen-bond donors (Lipinski definition) is 3. The molecule has 0 bridgehead atoms. The van der Waals surface area contributed by atoms with Crippen molar-refractivity contribution in [3.05, 3.63) is 90.9 Å². The lowest BCUT2D eigenvalue weighted by Gasteiger charge is -2.38. The van der Waals surface area contributed by atoms with Gasteiger partial charge in [-0.05, 0) is 93.5 Å². The number of halogens is 1. The number of likely N-dealkylation sites (tertiary alicyclic amines) is 1. The highest BCUT2D eigenvalue weighted by molar-refractivity contribution is 6.01. The fourth-order valence-corrected chi connectivity index (χ4v) is 7.93. The number of hydrogen-bond acceptors (Lipinski definition) is 11. The minimum Gasteiger partial charge on any atom is -0.482 e. The molecule has 5 aromatic rings. The topological polar surface area (TPSA) is 161 Å². The molecule has 3 saturated heterocycles. The average molecular weight is 748 g/mol. The number of nitrogens with zero attached hydrogens (tertiary/aromatic N) is 8. The molecule has 3 aromatic heterocycles. The minimum atomic E-state index is -0.563. The lowest BCUT2D eigenvalue weighted by atomic mass is 9.94. The lowest BCUT2D eigenvalue weighted by Crippen LogP contribution is -2.47. The van der Waals surface area contributed by atoms with E-state index in [9.17, 15) is 14.0 Å². The van der Waals surface area contributed by atoms with Crippen LogP contribution in [0.15, 0.2) is 79.5 Å². The van der Waals surface area contributed by atoms with Crippen molar-refractivity contribution >= 4 is 29.0 Å². The molecule has 2 aromatic carbocycles. The molecule has 2 atom stereocenters. The van der Waals surface area contributed by atoms with Gasteiger partial charge in [-0.1, -0.05) is 0 Å². The third-order valence-corrected chi connectivity index (χ3v) is 11.1. The molecule has 4 N–H and O–H groups in total. The molecule has 8 rings (SSSR count). The third kappa shape index (κ3) is 8.31. The Balaban J connectivity index is 0.812. The van der Waals surface area contributed by atoms with E-state index in [-0.39, 0.29) is 29.5 Å². The second kappa shape index (κ2) is 15.9. The first-order chi connectivity index (χ1) is 26.8. The van der Waals surface area contributed by atoms with Crippen molar-refractivity contribution in [1.82, 2.24) is 40.0 Å². The summed E-state index contributed by atoms with van der Waals surface area (Å²) in [5, 5.41) is 18.8. The highest BCUT2D eigenvalue weighted by Gasteiger charge is 2.28. The number of nitrogens with two attached hydrogens (primary N) is 1. The van der Waals surface area contributed by atoms with E-state index in [4.69, 9.17) is 15.6 Å². The van der Waals surface area contributed by atoms with Crippen LogP contribution >= 0.6 is 0 Å². The van der Waals surface area contributed by atoms with E-state index in [1.165, 1.54) is 22.6 Å². The van der Waals surface area contributed by atoms with Gasteiger partial charge in [0.15, 0.2) is 11.6 Å². The van der Waals surface area contributed by atoms with Crippen molar-refractivity contribution < 1.29 is 18.7 Å². The molecule has 14 nitrogen and oxygen atoms in total. The number of ether oxygens (including phenoxy) is 1. The first-order valence-electron chi connectivity index (χ1n) is 19.1. The maximum atomic E-state index is 14.3. The van der Waals surface area contributed by atoms with Crippen LogP contribution in [-0.2, 0) is 9.59 Å². The Bertz CT molecular complexity index is 2110. The Morgan fingerprint density at radius 2 is 1.69 bits per heavy atom. The summed E-state index contributed by atoms with van der Waals surface area (Å²) in [7, 11) is 0. The summed E-state index contributed by atoms with van der Waals surface area (Å²) >= 11 is 0. The normalized spacial score (nSPS) is 19.3. The molecule has 3 aliphatic heterocycles. The number of carbonyl (C=O) groups excluding carboxylic acids is 2. The van der Waals surface area contributed by atoms with Crippen molar-refractivity contribution in [3.63, 3.8) is 0 Å². The number of rotatable bonds is 11. The van der Waals surface area contributed by atoms with Crippen LogP contribution in [0.3, 0.4) is 0 Å². The molecule has 15 heteroatoms. The van der Waals surface area contributed by atoms with Gasteiger partial charge in [0.05, 0.1) is 30.3 Å². The number of anilines is 3. The summed E-state index contributed by atoms with van der Waals surface area (Å²) in [6.07, 6.45) is 13.5. The van der Waals surface area contributed by atoms with Gasteiger partial charge in [0.1, 0.15) is 18.0 Å². The van der Waals surface area contributed by atoms with Crippen LogP contribution < -0.4 is 26.0 Å². The van der Waals surface area contributed by atoms with E-state index >= 15 is 0 Å². The Kier molecular flexibility index (Phi) is 10.4. The quantitative estimate of drug-likeness (QED) is 0.153. The zero-order chi connectivity index (χ0) is 37.9. The summed E-state index contributed by atoms with van der Waals surface area (Å²) in [6, 6.07) is 14.5. The fraction of sp³-hybridized carbons (Fsp3) is 0.400. The van der Waals surface area contributed by atoms with Crippen molar-refractivity contribution in [2.75, 3.05) is 48.7 Å². The van der Waals surface area contributed by atoms with E-state index in [1.807, 2.05) is 31.3 Å². The highest BCUT2D eigenvalue weighted by atomic mass is 19.1. The molecule has 0 radical (unpaired) electrons. The summed E-state index contributed by atoms with van der Waals surface area (Å²) in [5.41, 5.74) is 11.3. The Morgan fingerprint density at radius 3 is 2.44 bits per heavy atom. The number of pyridine rings is 1. The highest BCUT2D eigenvalue weighted by Crippen LogP contribution is 2.34. The predicted molar refractivity (Wildman–Crippen MR) is 206 cm³/mol. The van der Waals surface area contributed by atoms with Gasteiger partial charge in [-0.25, -0.2) is 9.37 Å². The van der Waals surface area contributed by atoms with Crippen LogP contribution in [0.2, 0.25) is 0 Å². The lowest BCUT2D eigenvalue weighted by molar-refractivity contribution is -0.133. The van der Waals surface area contributed by atoms with Crippen molar-refractivity contribution in [2.45, 2.75) is 63.6 Å². The number of amides is 2. The van der Waals surface area contributed by atoms with E-state index in [0.29, 0.717) is 41.8 Å². The first kappa shape index (κ1) is 36.2. The van der Waals surface area contributed by atoms with Gasteiger partial charge in [0.25, 0.3) is 0 Å². The monoisotopic (exact) mass is 747 g/mol. The maximum Gasteiger partial charge on any atom is 0.249 e. The summed E-state index contributed by atoms with van der Waals surface area (Å²) < 4.78 is 22.6. The van der Waals surface area contributed by atoms with Crippen molar-refractivity contribution in [3.8, 4) is 22.6 Å². The minimum absolute atomic E-state index is 0.206. The van der Waals surface area contributed by atoms with E-state index in [0.717, 1.165) is 75.2 Å². The van der Waals surface area contributed by atoms with Crippen molar-refractivity contribution in [2.24, 2.45) is 5.92 Å². The molecular weight excluding hydrogens is 702 g/mol. The third-order valence-electron chi connectivity index (χ3n) is 11.1. The Labute approximate surface area is 318 Å².